The van der Waals surface area contributed by atoms with Crippen molar-refractivity contribution in [2.24, 2.45) is 5.73 Å². The summed E-state index contributed by atoms with van der Waals surface area (Å²) in [5, 5.41) is 0. The Bertz CT molecular complexity index is 609. The summed E-state index contributed by atoms with van der Waals surface area (Å²) in [4.78, 5) is 0. The van der Waals surface area contributed by atoms with Gasteiger partial charge in [0.15, 0.2) is 0 Å². The van der Waals surface area contributed by atoms with Crippen LogP contribution in [0, 0.1) is 13.8 Å². The molecule has 0 amide bonds. The largest absolute Gasteiger partial charge is 0.321 e. The number of hydrogen-bond acceptors (Lipinski definition) is 1. The fourth-order valence-corrected chi connectivity index (χ4v) is 2.94. The third-order valence-electron chi connectivity index (χ3n) is 4.49. The van der Waals surface area contributed by atoms with Gasteiger partial charge in [-0.05, 0) is 67.0 Å². The first-order valence-electron chi connectivity index (χ1n) is 7.06. The average molecular weight is 251 g/mol. The smallest absolute Gasteiger partial charge is 0.0409 e. The first-order chi connectivity index (χ1) is 9.10. The lowest BCUT2D eigenvalue weighted by Crippen LogP contribution is -2.43. The summed E-state index contributed by atoms with van der Waals surface area (Å²) in [6.07, 6.45) is 3.48. The average Bonchev–Trinajstić information content (AvgIpc) is 2.38. The molecule has 19 heavy (non-hydrogen) atoms. The number of rotatable bonds is 2. The number of aryl methyl sites for hydroxylation is 2. The summed E-state index contributed by atoms with van der Waals surface area (Å²) >= 11 is 0. The van der Waals surface area contributed by atoms with Crippen LogP contribution in [0.4, 0.5) is 0 Å². The molecule has 1 fully saturated rings. The molecule has 0 radical (unpaired) electrons. The highest BCUT2D eigenvalue weighted by atomic mass is 14.8. The maximum absolute atomic E-state index is 6.46. The lowest BCUT2D eigenvalue weighted by molar-refractivity contribution is 0.253. The summed E-state index contributed by atoms with van der Waals surface area (Å²) < 4.78 is 0. The van der Waals surface area contributed by atoms with Crippen molar-refractivity contribution in [1.29, 1.82) is 0 Å². The standard InChI is InChI=1S/C18H21N/c1-13-6-3-4-7-16(13)17-12-15(9-8-14(17)2)18(19)10-5-11-18/h3-4,6-9,12H,5,10-11,19H2,1-2H3. The monoisotopic (exact) mass is 251 g/mol. The van der Waals surface area contributed by atoms with Crippen molar-refractivity contribution >= 4 is 0 Å². The second-order valence-corrected chi connectivity index (χ2v) is 5.85. The van der Waals surface area contributed by atoms with E-state index in [0.29, 0.717) is 0 Å². The highest BCUT2D eigenvalue weighted by molar-refractivity contribution is 5.71. The molecule has 0 unspecified atom stereocenters. The zero-order valence-corrected chi connectivity index (χ0v) is 11.7. The minimum absolute atomic E-state index is 0.0782. The second-order valence-electron chi connectivity index (χ2n) is 5.85. The Hall–Kier alpha value is -1.60. The molecule has 3 rings (SSSR count). The maximum atomic E-state index is 6.46. The summed E-state index contributed by atoms with van der Waals surface area (Å²) in [6, 6.07) is 15.3. The van der Waals surface area contributed by atoms with Crippen LogP contribution in [0.5, 0.6) is 0 Å². The minimum atomic E-state index is -0.0782. The van der Waals surface area contributed by atoms with Crippen LogP contribution in [0.15, 0.2) is 42.5 Å². The summed E-state index contributed by atoms with van der Waals surface area (Å²) in [5.41, 5.74) is 13.0. The van der Waals surface area contributed by atoms with E-state index >= 15 is 0 Å². The minimum Gasteiger partial charge on any atom is -0.321 e. The molecule has 0 heterocycles. The summed E-state index contributed by atoms with van der Waals surface area (Å²) in [6.45, 7) is 4.35. The van der Waals surface area contributed by atoms with E-state index in [1.165, 1.54) is 34.2 Å². The van der Waals surface area contributed by atoms with Crippen molar-refractivity contribution in [3.05, 3.63) is 59.2 Å². The molecule has 0 atom stereocenters. The molecule has 0 aromatic heterocycles. The fraction of sp³-hybridized carbons (Fsp3) is 0.333. The van der Waals surface area contributed by atoms with Crippen LogP contribution in [0.25, 0.3) is 11.1 Å². The van der Waals surface area contributed by atoms with Crippen molar-refractivity contribution in [3.8, 4) is 11.1 Å². The zero-order valence-electron chi connectivity index (χ0n) is 11.7. The van der Waals surface area contributed by atoms with E-state index in [2.05, 4.69) is 56.3 Å². The molecular weight excluding hydrogens is 230 g/mol. The van der Waals surface area contributed by atoms with Crippen molar-refractivity contribution in [2.45, 2.75) is 38.6 Å². The van der Waals surface area contributed by atoms with E-state index in [1.54, 1.807) is 0 Å². The topological polar surface area (TPSA) is 26.0 Å². The highest BCUT2D eigenvalue weighted by Crippen LogP contribution is 2.40. The van der Waals surface area contributed by atoms with Gasteiger partial charge in [-0.2, -0.15) is 0 Å². The SMILES string of the molecule is Cc1ccccc1-c1cc(C2(N)CCC2)ccc1C. The fourth-order valence-electron chi connectivity index (χ4n) is 2.94. The molecule has 1 saturated carbocycles. The van der Waals surface area contributed by atoms with E-state index in [9.17, 15) is 0 Å². The van der Waals surface area contributed by atoms with Gasteiger partial charge in [0.25, 0.3) is 0 Å². The Balaban J connectivity index is 2.11. The van der Waals surface area contributed by atoms with E-state index in [-0.39, 0.29) is 5.54 Å². The van der Waals surface area contributed by atoms with E-state index < -0.39 is 0 Å². The second kappa shape index (κ2) is 4.50. The predicted octanol–water partition coefficient (Wildman–Crippen LogP) is 4.31. The number of hydrogen-bond donors (Lipinski definition) is 1. The molecule has 1 aliphatic carbocycles. The van der Waals surface area contributed by atoms with Crippen molar-refractivity contribution < 1.29 is 0 Å². The lowest BCUT2D eigenvalue weighted by Gasteiger charge is -2.39. The highest BCUT2D eigenvalue weighted by Gasteiger charge is 2.34. The Labute approximate surface area is 115 Å². The van der Waals surface area contributed by atoms with Gasteiger partial charge in [0.2, 0.25) is 0 Å². The number of benzene rings is 2. The Morgan fingerprint density at radius 2 is 1.58 bits per heavy atom. The van der Waals surface area contributed by atoms with Gasteiger partial charge in [-0.15, -0.1) is 0 Å². The molecule has 0 spiro atoms. The van der Waals surface area contributed by atoms with Gasteiger partial charge in [0, 0.05) is 5.54 Å². The number of nitrogens with two attached hydrogens (primary N) is 1. The molecule has 0 bridgehead atoms. The summed E-state index contributed by atoms with van der Waals surface area (Å²) in [7, 11) is 0. The maximum Gasteiger partial charge on any atom is 0.0409 e. The van der Waals surface area contributed by atoms with Gasteiger partial charge in [-0.3, -0.25) is 0 Å². The first kappa shape index (κ1) is 12.4. The van der Waals surface area contributed by atoms with Crippen molar-refractivity contribution in [1.82, 2.24) is 0 Å². The van der Waals surface area contributed by atoms with Gasteiger partial charge in [-0.25, -0.2) is 0 Å². The molecule has 1 nitrogen and oxygen atoms in total. The molecule has 0 saturated heterocycles. The predicted molar refractivity (Wildman–Crippen MR) is 81.1 cm³/mol. The van der Waals surface area contributed by atoms with E-state index in [0.717, 1.165) is 12.8 Å². The molecule has 98 valence electrons. The van der Waals surface area contributed by atoms with Crippen LogP contribution >= 0.6 is 0 Å². The van der Waals surface area contributed by atoms with Crippen LogP contribution < -0.4 is 5.73 Å². The zero-order chi connectivity index (χ0) is 13.5. The molecule has 1 heteroatoms. The third-order valence-corrected chi connectivity index (χ3v) is 4.49. The lowest BCUT2D eigenvalue weighted by atomic mass is 9.72. The Morgan fingerprint density at radius 3 is 2.21 bits per heavy atom. The van der Waals surface area contributed by atoms with Crippen LogP contribution in [0.1, 0.15) is 36.0 Å². The van der Waals surface area contributed by atoms with Crippen molar-refractivity contribution in [2.75, 3.05) is 0 Å². The first-order valence-corrected chi connectivity index (χ1v) is 7.06. The molecule has 2 aromatic carbocycles. The quantitative estimate of drug-likeness (QED) is 0.845. The Morgan fingerprint density at radius 1 is 0.895 bits per heavy atom. The van der Waals surface area contributed by atoms with Crippen LogP contribution in [-0.2, 0) is 5.54 Å². The van der Waals surface area contributed by atoms with Crippen LogP contribution in [-0.4, -0.2) is 0 Å². The van der Waals surface area contributed by atoms with Gasteiger partial charge in [0.1, 0.15) is 0 Å². The normalized spacial score (nSPS) is 17.0. The van der Waals surface area contributed by atoms with Gasteiger partial charge < -0.3 is 5.73 Å². The molecule has 2 aromatic rings. The Kier molecular flexibility index (Phi) is 2.94. The van der Waals surface area contributed by atoms with Gasteiger partial charge in [-0.1, -0.05) is 36.4 Å². The van der Waals surface area contributed by atoms with E-state index in [4.69, 9.17) is 5.73 Å². The van der Waals surface area contributed by atoms with Gasteiger partial charge in [0.05, 0.1) is 0 Å². The van der Waals surface area contributed by atoms with Crippen molar-refractivity contribution in [3.63, 3.8) is 0 Å². The molecular formula is C18H21N. The molecule has 1 aliphatic rings. The summed E-state index contributed by atoms with van der Waals surface area (Å²) in [5.74, 6) is 0. The molecule has 0 aliphatic heterocycles. The van der Waals surface area contributed by atoms with Gasteiger partial charge >= 0.3 is 0 Å². The van der Waals surface area contributed by atoms with Crippen LogP contribution in [0.3, 0.4) is 0 Å². The van der Waals surface area contributed by atoms with Crippen LogP contribution in [0.2, 0.25) is 0 Å². The molecule has 2 N–H and O–H groups in total. The third kappa shape index (κ3) is 2.08. The van der Waals surface area contributed by atoms with E-state index in [1.807, 2.05) is 0 Å².